The van der Waals surface area contributed by atoms with E-state index >= 15 is 0 Å². The Morgan fingerprint density at radius 1 is 1.00 bits per heavy atom. The standard InChI is InChI=1S/C29H51N5O6S2/c1-9-21(10-2)34-24(36)23(33-20(3)35)29(41-16-13-17-42(29)22-14-11-12-15-22)32-19-31-26(38)40-28(7,8)18-30-25(37)39-27(4,5)6/h19,21,23H,9-18H2,1-8H3,(H,30,37)(H,33,35)(H,34,36)(H,31,32,38). The molecule has 0 bridgehead atoms. The van der Waals surface area contributed by atoms with Crippen LogP contribution in [-0.4, -0.2) is 80.7 Å². The Bertz CT molecular complexity index is 1030. The van der Waals surface area contributed by atoms with Gasteiger partial charge >= 0.3 is 12.2 Å². The number of hydrogen-bond donors (Lipinski definition) is 4. The molecule has 0 spiro atoms. The molecular formula is C29H51N5O6S2. The van der Waals surface area contributed by atoms with E-state index in [9.17, 15) is 19.2 Å². The molecule has 0 radical (unpaired) electrons. The zero-order chi connectivity index (χ0) is 31.6. The average molecular weight is 630 g/mol. The number of ether oxygens (including phenoxy) is 2. The summed E-state index contributed by atoms with van der Waals surface area (Å²) >= 11 is 1.57. The number of aliphatic imine (C=N–C) groups is 1. The van der Waals surface area contributed by atoms with Crippen molar-refractivity contribution in [2.45, 2.75) is 128 Å². The number of alkyl carbamates (subject to hydrolysis) is 2. The molecule has 1 aliphatic heterocycles. The normalized spacial score (nSPS) is 22.0. The van der Waals surface area contributed by atoms with Crippen molar-refractivity contribution in [3.63, 3.8) is 0 Å². The van der Waals surface area contributed by atoms with Gasteiger partial charge < -0.3 is 25.4 Å². The lowest BCUT2D eigenvalue weighted by molar-refractivity contribution is -0.128. The summed E-state index contributed by atoms with van der Waals surface area (Å²) in [5.41, 5.74) is -1.69. The van der Waals surface area contributed by atoms with E-state index in [0.717, 1.165) is 56.5 Å². The van der Waals surface area contributed by atoms with Gasteiger partial charge in [0, 0.05) is 13.0 Å². The third-order valence-electron chi connectivity index (χ3n) is 6.82. The Kier molecular flexibility index (Phi) is 13.7. The van der Waals surface area contributed by atoms with Gasteiger partial charge in [-0.3, -0.25) is 14.9 Å². The second kappa shape index (κ2) is 16.0. The van der Waals surface area contributed by atoms with Gasteiger partial charge in [-0.1, -0.05) is 13.8 Å². The van der Waals surface area contributed by atoms with Gasteiger partial charge in [0.05, 0.1) is 12.9 Å². The maximum atomic E-state index is 13.8. The molecule has 0 aromatic heterocycles. The number of nitrogens with zero attached hydrogens (tertiary/aromatic N) is 1. The van der Waals surface area contributed by atoms with Gasteiger partial charge in [0.1, 0.15) is 11.2 Å². The Labute approximate surface area is 257 Å². The molecule has 4 N–H and O–H groups in total. The van der Waals surface area contributed by atoms with Crippen molar-refractivity contribution in [2.75, 3.05) is 18.1 Å². The summed E-state index contributed by atoms with van der Waals surface area (Å²) in [4.78, 5) is 57.4. The van der Waals surface area contributed by atoms with Crippen LogP contribution in [0.15, 0.2) is 4.99 Å². The highest BCUT2D eigenvalue weighted by Crippen LogP contribution is 2.53. The zero-order valence-corrected chi connectivity index (χ0v) is 28.1. The topological polar surface area (TPSA) is 147 Å². The molecule has 0 aromatic rings. The summed E-state index contributed by atoms with van der Waals surface area (Å²) < 4.78 is 9.80. The van der Waals surface area contributed by atoms with E-state index in [2.05, 4.69) is 21.3 Å². The lowest BCUT2D eigenvalue weighted by Gasteiger charge is -2.43. The van der Waals surface area contributed by atoms with Gasteiger partial charge in [0.2, 0.25) is 11.8 Å². The highest BCUT2D eigenvalue weighted by Gasteiger charge is 2.49. The van der Waals surface area contributed by atoms with Crippen LogP contribution < -0.4 is 21.3 Å². The Morgan fingerprint density at radius 3 is 2.21 bits per heavy atom. The molecule has 13 heteroatoms. The largest absolute Gasteiger partial charge is 0.444 e. The van der Waals surface area contributed by atoms with Crippen LogP contribution in [-0.2, 0) is 19.1 Å². The van der Waals surface area contributed by atoms with Gasteiger partial charge in [0.15, 0.2) is 10.2 Å². The highest BCUT2D eigenvalue weighted by molar-refractivity contribution is 8.28. The second-order valence-corrected chi connectivity index (χ2v) is 16.2. The summed E-state index contributed by atoms with van der Waals surface area (Å²) in [7, 11) is -0.400. The Morgan fingerprint density at radius 2 is 1.64 bits per heavy atom. The lowest BCUT2D eigenvalue weighted by Crippen LogP contribution is -2.59. The molecule has 2 fully saturated rings. The molecule has 42 heavy (non-hydrogen) atoms. The zero-order valence-electron chi connectivity index (χ0n) is 26.5. The van der Waals surface area contributed by atoms with E-state index in [1.807, 2.05) is 13.8 Å². The molecule has 11 nitrogen and oxygen atoms in total. The van der Waals surface area contributed by atoms with Crippen LogP contribution in [0.1, 0.15) is 100 Å². The summed E-state index contributed by atoms with van der Waals surface area (Å²) in [5, 5.41) is 11.3. The molecule has 1 heterocycles. The van der Waals surface area contributed by atoms with Crippen LogP contribution in [0.2, 0.25) is 0 Å². The van der Waals surface area contributed by atoms with Gasteiger partial charge in [-0.15, -0.1) is 22.2 Å². The van der Waals surface area contributed by atoms with Crippen LogP contribution in [0.25, 0.3) is 0 Å². The van der Waals surface area contributed by atoms with Crippen molar-refractivity contribution in [1.29, 1.82) is 0 Å². The minimum absolute atomic E-state index is 0.0195. The quantitative estimate of drug-likeness (QED) is 0.148. The Hall–Kier alpha value is -2.28. The molecule has 0 aromatic carbocycles. The second-order valence-electron chi connectivity index (χ2n) is 12.2. The fourth-order valence-electron chi connectivity index (χ4n) is 4.80. The molecule has 240 valence electrons. The molecule has 3 unspecified atom stereocenters. The van der Waals surface area contributed by atoms with Gasteiger partial charge in [-0.05, 0) is 95.9 Å². The lowest BCUT2D eigenvalue weighted by atomic mass is 10.1. The minimum atomic E-state index is -1.04. The average Bonchev–Trinajstić information content (AvgIpc) is 3.43. The number of carbonyl (C=O) groups excluding carboxylic acids is 4. The van der Waals surface area contributed by atoms with Crippen molar-refractivity contribution >= 4 is 57.4 Å². The molecule has 1 aliphatic carbocycles. The van der Waals surface area contributed by atoms with E-state index in [4.69, 9.17) is 14.5 Å². The molecule has 1 saturated carbocycles. The highest BCUT2D eigenvalue weighted by atomic mass is 32.2. The summed E-state index contributed by atoms with van der Waals surface area (Å²) in [5.74, 6) is 1.07. The van der Waals surface area contributed by atoms with Crippen molar-refractivity contribution < 1.29 is 28.7 Å². The summed E-state index contributed by atoms with van der Waals surface area (Å²) in [6.45, 7) is 14.1. The predicted molar refractivity (Wildman–Crippen MR) is 172 cm³/mol. The van der Waals surface area contributed by atoms with Gasteiger partial charge in [-0.2, -0.15) is 0 Å². The first-order valence-electron chi connectivity index (χ1n) is 14.9. The smallest absolute Gasteiger partial charge is 0.412 e. The van der Waals surface area contributed by atoms with Crippen LogP contribution in [0, 0.1) is 0 Å². The van der Waals surface area contributed by atoms with Gasteiger partial charge in [0.25, 0.3) is 0 Å². The fourth-order valence-corrected chi connectivity index (χ4v) is 10.3. The van der Waals surface area contributed by atoms with E-state index in [0.29, 0.717) is 0 Å². The summed E-state index contributed by atoms with van der Waals surface area (Å²) in [6, 6.07) is -0.935. The third-order valence-corrected chi connectivity index (χ3v) is 11.9. The van der Waals surface area contributed by atoms with Crippen LogP contribution in [0.5, 0.6) is 0 Å². The van der Waals surface area contributed by atoms with Crippen molar-refractivity contribution in [3.8, 4) is 0 Å². The fraction of sp³-hybridized carbons (Fsp3) is 0.793. The first-order valence-corrected chi connectivity index (χ1v) is 17.3. The SMILES string of the molecule is CCC(CC)NC(=O)C(NC(C)=O)C1(N=CNC(=O)OC(C)(C)CNC(=O)OC(C)(C)C)SCCCS1=C1CCCC1. The minimum Gasteiger partial charge on any atom is -0.444 e. The summed E-state index contributed by atoms with van der Waals surface area (Å²) in [6.07, 6.45) is 6.64. The monoisotopic (exact) mass is 629 g/mol. The van der Waals surface area contributed by atoms with E-state index in [-0.39, 0.29) is 24.4 Å². The maximum Gasteiger partial charge on any atom is 0.412 e. The van der Waals surface area contributed by atoms with E-state index in [1.165, 1.54) is 18.1 Å². The van der Waals surface area contributed by atoms with Crippen molar-refractivity contribution in [2.24, 2.45) is 4.99 Å². The van der Waals surface area contributed by atoms with Crippen molar-refractivity contribution in [1.82, 2.24) is 21.3 Å². The molecule has 3 atom stereocenters. The van der Waals surface area contributed by atoms with Gasteiger partial charge in [-0.25, -0.2) is 14.6 Å². The number of amides is 4. The molecule has 2 rings (SSSR count). The Balaban J connectivity index is 2.32. The molecular weight excluding hydrogens is 578 g/mol. The van der Waals surface area contributed by atoms with Crippen LogP contribution >= 0.6 is 22.2 Å². The first kappa shape index (κ1) is 35.9. The molecule has 2 aliphatic rings. The van der Waals surface area contributed by atoms with E-state index in [1.54, 1.807) is 46.4 Å². The first-order chi connectivity index (χ1) is 19.6. The number of carbonyl (C=O) groups is 4. The molecule has 4 amide bonds. The number of nitrogens with one attached hydrogen (secondary N) is 4. The number of rotatable bonds is 11. The van der Waals surface area contributed by atoms with E-state index < -0.39 is 44.1 Å². The van der Waals surface area contributed by atoms with Crippen molar-refractivity contribution in [3.05, 3.63) is 0 Å². The third kappa shape index (κ3) is 11.1. The number of thioether (sulfide) groups is 1. The predicted octanol–water partition coefficient (Wildman–Crippen LogP) is 4.66. The van der Waals surface area contributed by atoms with Crippen LogP contribution in [0.4, 0.5) is 9.59 Å². The van der Waals surface area contributed by atoms with Crippen LogP contribution in [0.3, 0.4) is 0 Å². The number of hydrogen-bond acceptors (Lipinski definition) is 8. The molecule has 1 saturated heterocycles. The maximum absolute atomic E-state index is 13.8.